The molecule has 9 heteroatoms. The number of esters is 1. The highest BCUT2D eigenvalue weighted by Gasteiger charge is 2.60. The first-order valence-corrected chi connectivity index (χ1v) is 13.2. The number of anilines is 2. The summed E-state index contributed by atoms with van der Waals surface area (Å²) in [6.45, 7) is 4.02. The molecule has 5 rings (SSSR count). The Hall–Kier alpha value is -3.01. The summed E-state index contributed by atoms with van der Waals surface area (Å²) in [5.41, 5.74) is 2.60. The highest BCUT2D eigenvalue weighted by atomic mass is 32.2. The third-order valence-corrected chi connectivity index (χ3v) is 8.70. The number of hydrazone groups is 1. The maximum atomic E-state index is 13.9. The molecule has 2 aliphatic heterocycles. The molecule has 0 radical (unpaired) electrons. The lowest BCUT2D eigenvalue weighted by Crippen LogP contribution is -2.51. The van der Waals surface area contributed by atoms with Crippen LogP contribution in [0, 0.1) is 6.92 Å². The molecule has 1 aromatic heterocycles. The number of hydrogen-bond acceptors (Lipinski definition) is 8. The Balaban J connectivity index is 1.67. The van der Waals surface area contributed by atoms with Crippen molar-refractivity contribution in [3.05, 3.63) is 87.5 Å². The van der Waals surface area contributed by atoms with Gasteiger partial charge in [0.25, 0.3) is 5.91 Å². The largest absolute Gasteiger partial charge is 0.461 e. The number of hydrogen-bond donors (Lipinski definition) is 0. The van der Waals surface area contributed by atoms with Crippen molar-refractivity contribution in [1.29, 1.82) is 0 Å². The zero-order valence-corrected chi connectivity index (χ0v) is 21.0. The van der Waals surface area contributed by atoms with Crippen molar-refractivity contribution in [3.63, 3.8) is 0 Å². The summed E-state index contributed by atoms with van der Waals surface area (Å²) < 4.78 is 4.21. The van der Waals surface area contributed by atoms with Crippen molar-refractivity contribution in [2.75, 3.05) is 16.5 Å². The molecule has 1 amide bonds. The second-order valence-electron chi connectivity index (χ2n) is 7.53. The lowest BCUT2D eigenvalue weighted by Gasteiger charge is -2.38. The molecule has 0 saturated carbocycles. The molecule has 0 unspecified atom stereocenters. The third-order valence-electron chi connectivity index (χ3n) is 5.19. The number of nitrogens with zero attached hydrogens (tertiary/aromatic N) is 3. The van der Waals surface area contributed by atoms with E-state index in [0.717, 1.165) is 21.8 Å². The zero-order valence-electron chi connectivity index (χ0n) is 18.5. The highest BCUT2D eigenvalue weighted by Crippen LogP contribution is 2.59. The SMILES string of the molecule is CCOC(=O)C1=NN(c2ccc(C)cc2)[C@]2(S1)S/C(=C\c1cccs1)C(=O)N2c1ccccc1. The smallest absolute Gasteiger partial charge is 0.365 e. The Morgan fingerprint density at radius 1 is 1.03 bits per heavy atom. The summed E-state index contributed by atoms with van der Waals surface area (Å²) in [6.07, 6.45) is 1.90. The molecule has 0 bridgehead atoms. The van der Waals surface area contributed by atoms with E-state index in [1.165, 1.54) is 23.5 Å². The van der Waals surface area contributed by atoms with E-state index in [9.17, 15) is 9.59 Å². The summed E-state index contributed by atoms with van der Waals surface area (Å²) in [7, 11) is 0. The van der Waals surface area contributed by atoms with Gasteiger partial charge in [-0.05, 0) is 67.4 Å². The van der Waals surface area contributed by atoms with Gasteiger partial charge in [-0.25, -0.2) is 9.80 Å². The summed E-state index contributed by atoms with van der Waals surface area (Å²) >= 11 is 4.18. The fourth-order valence-corrected chi connectivity index (χ4v) is 7.25. The van der Waals surface area contributed by atoms with E-state index in [0.29, 0.717) is 4.91 Å². The standard InChI is InChI=1S/C25H21N3O3S3/c1-3-31-24(30)22-26-28(19-13-11-17(2)12-14-19)25(34-22)27(18-8-5-4-6-9-18)23(29)21(33-25)16-20-10-7-15-32-20/h4-16H,3H2,1-2H3/b21-16-/t25-/m0/s1. The topological polar surface area (TPSA) is 62.2 Å². The molecular formula is C25H21N3O3S3. The van der Waals surface area contributed by atoms with Crippen LogP contribution in [0.15, 0.2) is 82.1 Å². The number of thioether (sulfide) groups is 2. The average Bonchev–Trinajstić information content (AvgIpc) is 3.55. The van der Waals surface area contributed by atoms with Crippen LogP contribution in [0.3, 0.4) is 0 Å². The van der Waals surface area contributed by atoms with Crippen LogP contribution in [0.1, 0.15) is 17.4 Å². The van der Waals surface area contributed by atoms with Crippen molar-refractivity contribution in [2.24, 2.45) is 5.10 Å². The van der Waals surface area contributed by atoms with Crippen LogP contribution in [-0.4, -0.2) is 27.9 Å². The molecule has 34 heavy (non-hydrogen) atoms. The molecule has 0 N–H and O–H groups in total. The van der Waals surface area contributed by atoms with E-state index in [4.69, 9.17) is 4.74 Å². The number of amides is 1. The van der Waals surface area contributed by atoms with Crippen molar-refractivity contribution in [1.82, 2.24) is 0 Å². The van der Waals surface area contributed by atoms with Crippen molar-refractivity contribution >= 4 is 69.2 Å². The van der Waals surface area contributed by atoms with Crippen LogP contribution in [-0.2, 0) is 14.3 Å². The summed E-state index contributed by atoms with van der Waals surface area (Å²) in [5.74, 6) is -0.646. The van der Waals surface area contributed by atoms with Gasteiger partial charge in [0, 0.05) is 10.6 Å². The zero-order chi connectivity index (χ0) is 23.7. The van der Waals surface area contributed by atoms with E-state index in [1.807, 2.05) is 85.1 Å². The van der Waals surface area contributed by atoms with Gasteiger partial charge in [0.1, 0.15) is 0 Å². The molecule has 1 fully saturated rings. The Morgan fingerprint density at radius 3 is 2.47 bits per heavy atom. The first-order valence-electron chi connectivity index (χ1n) is 10.7. The van der Waals surface area contributed by atoms with Gasteiger partial charge < -0.3 is 4.74 Å². The van der Waals surface area contributed by atoms with Gasteiger partial charge in [0.2, 0.25) is 9.37 Å². The predicted octanol–water partition coefficient (Wildman–Crippen LogP) is 5.92. The lowest BCUT2D eigenvalue weighted by atomic mass is 10.2. The van der Waals surface area contributed by atoms with Gasteiger partial charge in [-0.1, -0.05) is 53.7 Å². The second-order valence-corrected chi connectivity index (χ2v) is 11.1. The van der Waals surface area contributed by atoms with Gasteiger partial charge in [0.05, 0.1) is 17.2 Å². The maximum absolute atomic E-state index is 13.9. The Bertz CT molecular complexity index is 1270. The van der Waals surface area contributed by atoms with Gasteiger partial charge in [-0.2, -0.15) is 5.10 Å². The molecule has 6 nitrogen and oxygen atoms in total. The van der Waals surface area contributed by atoms with Crippen LogP contribution in [0.2, 0.25) is 0 Å². The Labute approximate surface area is 210 Å². The number of para-hydroxylation sites is 1. The number of benzene rings is 2. The van der Waals surface area contributed by atoms with Gasteiger partial charge in [-0.3, -0.25) is 9.69 Å². The molecule has 2 aromatic carbocycles. The predicted molar refractivity (Wildman–Crippen MR) is 142 cm³/mol. The van der Waals surface area contributed by atoms with Crippen LogP contribution in [0.4, 0.5) is 11.4 Å². The van der Waals surface area contributed by atoms with E-state index in [2.05, 4.69) is 5.10 Å². The van der Waals surface area contributed by atoms with Gasteiger partial charge in [0.15, 0.2) is 0 Å². The number of thiophene rings is 1. The molecule has 3 heterocycles. The van der Waals surface area contributed by atoms with Crippen LogP contribution >= 0.6 is 34.9 Å². The summed E-state index contributed by atoms with van der Waals surface area (Å²) in [6, 6.07) is 21.3. The summed E-state index contributed by atoms with van der Waals surface area (Å²) in [5, 5.41) is 8.63. The molecule has 3 aromatic rings. The Morgan fingerprint density at radius 2 is 1.79 bits per heavy atom. The van der Waals surface area contributed by atoms with Gasteiger partial charge >= 0.3 is 5.97 Å². The molecule has 0 aliphatic carbocycles. The van der Waals surface area contributed by atoms with E-state index in [1.54, 1.807) is 28.2 Å². The fourth-order valence-electron chi connectivity index (χ4n) is 3.65. The minimum atomic E-state index is -1.06. The molecule has 172 valence electrons. The van der Waals surface area contributed by atoms with E-state index < -0.39 is 10.3 Å². The maximum Gasteiger partial charge on any atom is 0.365 e. The Kier molecular flexibility index (Phi) is 6.24. The first kappa shape index (κ1) is 22.8. The number of carbonyl (C=O) groups is 2. The monoisotopic (exact) mass is 507 g/mol. The van der Waals surface area contributed by atoms with Gasteiger partial charge in [-0.15, -0.1) is 11.3 Å². The fraction of sp³-hybridized carbons (Fsp3) is 0.160. The van der Waals surface area contributed by atoms with Crippen LogP contribution in [0.25, 0.3) is 6.08 Å². The molecule has 1 saturated heterocycles. The van der Waals surface area contributed by atoms with Crippen molar-refractivity contribution < 1.29 is 14.3 Å². The lowest BCUT2D eigenvalue weighted by molar-refractivity contribution is -0.134. The van der Waals surface area contributed by atoms with Crippen LogP contribution in [0.5, 0.6) is 0 Å². The highest BCUT2D eigenvalue weighted by molar-refractivity contribution is 8.29. The van der Waals surface area contributed by atoms with Crippen LogP contribution < -0.4 is 9.91 Å². The van der Waals surface area contributed by atoms with Crippen molar-refractivity contribution in [3.8, 4) is 0 Å². The number of carbonyl (C=O) groups excluding carboxylic acids is 2. The molecule has 1 atom stereocenters. The average molecular weight is 508 g/mol. The summed E-state index contributed by atoms with van der Waals surface area (Å²) in [4.78, 5) is 29.9. The minimum Gasteiger partial charge on any atom is -0.461 e. The van der Waals surface area contributed by atoms with E-state index >= 15 is 0 Å². The molecule has 2 aliphatic rings. The molecule has 1 spiro atoms. The second kappa shape index (κ2) is 9.32. The quantitative estimate of drug-likeness (QED) is 0.316. The number of ether oxygens (including phenoxy) is 1. The number of rotatable bonds is 5. The first-order chi connectivity index (χ1) is 16.5. The number of aryl methyl sites for hydroxylation is 1. The third kappa shape index (κ3) is 4.04. The van der Waals surface area contributed by atoms with E-state index in [-0.39, 0.29) is 17.6 Å². The normalized spacial score (nSPS) is 20.9. The minimum absolute atomic E-state index is 0.144. The van der Waals surface area contributed by atoms with Crippen molar-refractivity contribution in [2.45, 2.75) is 18.2 Å². The molecular weight excluding hydrogens is 486 g/mol.